The van der Waals surface area contributed by atoms with Crippen LogP contribution in [0.15, 0.2) is 0 Å². The standard InChI is InChI=1S/C12H24N2O/c1-3-9-14(2)12(15)10-7-5-4-6-8-11(10)13/h10-11H,3-9,13H2,1-2H3/t10-,11-/m0/s1. The third kappa shape index (κ3) is 3.49. The average molecular weight is 212 g/mol. The molecule has 1 aliphatic rings. The van der Waals surface area contributed by atoms with Crippen molar-refractivity contribution < 1.29 is 4.79 Å². The predicted molar refractivity (Wildman–Crippen MR) is 62.5 cm³/mol. The first-order valence-corrected chi connectivity index (χ1v) is 6.17. The summed E-state index contributed by atoms with van der Waals surface area (Å²) in [6.07, 6.45) is 6.58. The number of carbonyl (C=O) groups is 1. The highest BCUT2D eigenvalue weighted by Crippen LogP contribution is 2.23. The molecule has 88 valence electrons. The molecule has 1 amide bonds. The molecule has 1 saturated carbocycles. The van der Waals surface area contributed by atoms with Crippen molar-refractivity contribution >= 4 is 5.91 Å². The van der Waals surface area contributed by atoms with Crippen LogP contribution in [0.25, 0.3) is 0 Å². The van der Waals surface area contributed by atoms with E-state index in [2.05, 4.69) is 6.92 Å². The van der Waals surface area contributed by atoms with Gasteiger partial charge in [-0.3, -0.25) is 4.79 Å². The largest absolute Gasteiger partial charge is 0.345 e. The second-order valence-electron chi connectivity index (χ2n) is 4.67. The molecule has 0 saturated heterocycles. The second kappa shape index (κ2) is 6.11. The van der Waals surface area contributed by atoms with E-state index in [9.17, 15) is 4.79 Å². The number of nitrogens with two attached hydrogens (primary N) is 1. The van der Waals surface area contributed by atoms with Crippen LogP contribution in [-0.4, -0.2) is 30.4 Å². The Balaban J connectivity index is 2.55. The van der Waals surface area contributed by atoms with Gasteiger partial charge in [0.25, 0.3) is 0 Å². The molecular formula is C12H24N2O. The Labute approximate surface area is 93.0 Å². The number of rotatable bonds is 3. The molecular weight excluding hydrogens is 188 g/mol. The van der Waals surface area contributed by atoms with Crippen LogP contribution in [0.1, 0.15) is 45.4 Å². The zero-order valence-corrected chi connectivity index (χ0v) is 10.0. The fraction of sp³-hybridized carbons (Fsp3) is 0.917. The molecule has 1 aliphatic carbocycles. The maximum atomic E-state index is 12.1. The van der Waals surface area contributed by atoms with Crippen molar-refractivity contribution in [3.63, 3.8) is 0 Å². The van der Waals surface area contributed by atoms with Crippen molar-refractivity contribution in [2.24, 2.45) is 11.7 Å². The molecule has 1 fully saturated rings. The summed E-state index contributed by atoms with van der Waals surface area (Å²) in [6.45, 7) is 2.94. The van der Waals surface area contributed by atoms with E-state index in [1.165, 1.54) is 12.8 Å². The SMILES string of the molecule is CCCN(C)C(=O)[C@H]1CCCCC[C@@H]1N. The normalized spacial score (nSPS) is 27.1. The Kier molecular flexibility index (Phi) is 5.09. The van der Waals surface area contributed by atoms with Crippen molar-refractivity contribution in [3.8, 4) is 0 Å². The molecule has 0 radical (unpaired) electrons. The van der Waals surface area contributed by atoms with Crippen molar-refractivity contribution in [1.29, 1.82) is 0 Å². The lowest BCUT2D eigenvalue weighted by Gasteiger charge is -2.26. The third-order valence-corrected chi connectivity index (χ3v) is 3.32. The van der Waals surface area contributed by atoms with E-state index in [4.69, 9.17) is 5.73 Å². The van der Waals surface area contributed by atoms with Crippen molar-refractivity contribution in [3.05, 3.63) is 0 Å². The highest BCUT2D eigenvalue weighted by atomic mass is 16.2. The van der Waals surface area contributed by atoms with Gasteiger partial charge in [-0.05, 0) is 19.3 Å². The Morgan fingerprint density at radius 2 is 2.00 bits per heavy atom. The molecule has 2 atom stereocenters. The molecule has 3 nitrogen and oxygen atoms in total. The molecule has 0 aromatic rings. The minimum atomic E-state index is 0.0732. The monoisotopic (exact) mass is 212 g/mol. The summed E-state index contributed by atoms with van der Waals surface area (Å²) >= 11 is 0. The first-order chi connectivity index (χ1) is 7.16. The molecule has 0 aliphatic heterocycles. The number of amides is 1. The maximum Gasteiger partial charge on any atom is 0.226 e. The summed E-state index contributed by atoms with van der Waals surface area (Å²) < 4.78 is 0. The van der Waals surface area contributed by atoms with Crippen LogP contribution >= 0.6 is 0 Å². The number of hydrogen-bond acceptors (Lipinski definition) is 2. The van der Waals surface area contributed by atoms with E-state index in [-0.39, 0.29) is 17.9 Å². The van der Waals surface area contributed by atoms with Gasteiger partial charge in [0.05, 0.1) is 5.92 Å². The van der Waals surface area contributed by atoms with Gasteiger partial charge in [0, 0.05) is 19.6 Å². The van der Waals surface area contributed by atoms with Gasteiger partial charge in [-0.25, -0.2) is 0 Å². The van der Waals surface area contributed by atoms with Gasteiger partial charge in [-0.1, -0.05) is 26.2 Å². The first-order valence-electron chi connectivity index (χ1n) is 6.17. The topological polar surface area (TPSA) is 46.3 Å². The maximum absolute atomic E-state index is 12.1. The molecule has 0 aromatic carbocycles. The number of hydrogen-bond donors (Lipinski definition) is 1. The second-order valence-corrected chi connectivity index (χ2v) is 4.67. The lowest BCUT2D eigenvalue weighted by atomic mass is 9.94. The molecule has 0 bridgehead atoms. The Morgan fingerprint density at radius 1 is 1.33 bits per heavy atom. The van der Waals surface area contributed by atoms with Gasteiger partial charge in [-0.15, -0.1) is 0 Å². The van der Waals surface area contributed by atoms with Crippen molar-refractivity contribution in [2.75, 3.05) is 13.6 Å². The predicted octanol–water partition coefficient (Wildman–Crippen LogP) is 1.76. The van der Waals surface area contributed by atoms with Crippen LogP contribution in [0.2, 0.25) is 0 Å². The van der Waals surface area contributed by atoms with Gasteiger partial charge in [0.2, 0.25) is 5.91 Å². The van der Waals surface area contributed by atoms with Gasteiger partial charge in [0.1, 0.15) is 0 Å². The molecule has 0 spiro atoms. The smallest absolute Gasteiger partial charge is 0.226 e. The zero-order valence-electron chi connectivity index (χ0n) is 10.0. The molecule has 3 heteroatoms. The highest BCUT2D eigenvalue weighted by molar-refractivity contribution is 5.79. The summed E-state index contributed by atoms with van der Waals surface area (Å²) in [4.78, 5) is 13.9. The van der Waals surface area contributed by atoms with E-state index in [0.29, 0.717) is 0 Å². The molecule has 1 rings (SSSR count). The minimum Gasteiger partial charge on any atom is -0.345 e. The van der Waals surface area contributed by atoms with Crippen molar-refractivity contribution in [2.45, 2.75) is 51.5 Å². The summed E-state index contributed by atoms with van der Waals surface area (Å²) in [7, 11) is 1.89. The zero-order chi connectivity index (χ0) is 11.3. The molecule has 0 unspecified atom stereocenters. The van der Waals surface area contributed by atoms with E-state index in [0.717, 1.165) is 32.2 Å². The van der Waals surface area contributed by atoms with E-state index < -0.39 is 0 Å². The van der Waals surface area contributed by atoms with E-state index in [1.807, 2.05) is 11.9 Å². The summed E-state index contributed by atoms with van der Waals surface area (Å²) in [6, 6.07) is 0.0827. The average Bonchev–Trinajstić information content (AvgIpc) is 2.42. The van der Waals surface area contributed by atoms with Crippen LogP contribution in [0, 0.1) is 5.92 Å². The van der Waals surface area contributed by atoms with Crippen LogP contribution in [-0.2, 0) is 4.79 Å². The summed E-state index contributed by atoms with van der Waals surface area (Å²) in [5.41, 5.74) is 6.07. The van der Waals surface area contributed by atoms with Crippen molar-refractivity contribution in [1.82, 2.24) is 4.90 Å². The van der Waals surface area contributed by atoms with E-state index >= 15 is 0 Å². The Morgan fingerprint density at radius 3 is 2.67 bits per heavy atom. The van der Waals surface area contributed by atoms with Crippen LogP contribution in [0.4, 0.5) is 0 Å². The fourth-order valence-corrected chi connectivity index (χ4v) is 2.37. The first kappa shape index (κ1) is 12.5. The van der Waals surface area contributed by atoms with Crippen LogP contribution in [0.3, 0.4) is 0 Å². The van der Waals surface area contributed by atoms with Gasteiger partial charge in [0.15, 0.2) is 0 Å². The van der Waals surface area contributed by atoms with Gasteiger partial charge >= 0.3 is 0 Å². The molecule has 0 heterocycles. The van der Waals surface area contributed by atoms with E-state index in [1.54, 1.807) is 0 Å². The molecule has 0 aromatic heterocycles. The third-order valence-electron chi connectivity index (χ3n) is 3.32. The molecule has 2 N–H and O–H groups in total. The lowest BCUT2D eigenvalue weighted by molar-refractivity contribution is -0.135. The number of carbonyl (C=O) groups excluding carboxylic acids is 1. The Bertz CT molecular complexity index is 206. The van der Waals surface area contributed by atoms with Gasteiger partial charge in [-0.2, -0.15) is 0 Å². The van der Waals surface area contributed by atoms with Gasteiger partial charge < -0.3 is 10.6 Å². The van der Waals surface area contributed by atoms with Crippen LogP contribution < -0.4 is 5.73 Å². The highest BCUT2D eigenvalue weighted by Gasteiger charge is 2.28. The fourth-order valence-electron chi connectivity index (χ4n) is 2.37. The quantitative estimate of drug-likeness (QED) is 0.725. The summed E-state index contributed by atoms with van der Waals surface area (Å²) in [5.74, 6) is 0.329. The minimum absolute atomic E-state index is 0.0732. The van der Waals surface area contributed by atoms with Crippen LogP contribution in [0.5, 0.6) is 0 Å². The molecule has 15 heavy (non-hydrogen) atoms. The lowest BCUT2D eigenvalue weighted by Crippen LogP contribution is -2.42. The Hall–Kier alpha value is -0.570. The summed E-state index contributed by atoms with van der Waals surface area (Å²) in [5, 5.41) is 0. The number of nitrogens with zero attached hydrogens (tertiary/aromatic N) is 1.